The van der Waals surface area contributed by atoms with E-state index in [0.29, 0.717) is 34.1 Å². The van der Waals surface area contributed by atoms with E-state index in [-0.39, 0.29) is 32.4 Å². The van der Waals surface area contributed by atoms with Gasteiger partial charge < -0.3 is 28.4 Å². The number of carbonyl (C=O) groups excluding carboxylic acids is 2. The van der Waals surface area contributed by atoms with E-state index in [4.69, 9.17) is 28.4 Å². The van der Waals surface area contributed by atoms with Crippen molar-refractivity contribution >= 4 is 30.3 Å². The fourth-order valence-corrected chi connectivity index (χ4v) is 3.13. The summed E-state index contributed by atoms with van der Waals surface area (Å²) in [5.41, 5.74) is 4.17. The first-order valence-corrected chi connectivity index (χ1v) is 12.1. The number of aromatic nitrogens is 3. The van der Waals surface area contributed by atoms with Gasteiger partial charge in [-0.05, 0) is 61.4 Å². The largest absolute Gasteiger partial charge is 0.493 e. The van der Waals surface area contributed by atoms with Gasteiger partial charge in [0.1, 0.15) is 6.33 Å². The lowest BCUT2D eigenvalue weighted by molar-refractivity contribution is -0.146. The van der Waals surface area contributed by atoms with Crippen molar-refractivity contribution in [3.05, 3.63) is 53.9 Å². The predicted molar refractivity (Wildman–Crippen MR) is 144 cm³/mol. The Kier molecular flexibility index (Phi) is 11.3. The van der Waals surface area contributed by atoms with Crippen LogP contribution in [0.15, 0.2) is 52.9 Å². The van der Waals surface area contributed by atoms with Gasteiger partial charge in [0.15, 0.2) is 36.2 Å². The van der Waals surface area contributed by atoms with E-state index in [1.165, 1.54) is 25.2 Å². The summed E-state index contributed by atoms with van der Waals surface area (Å²) in [6.45, 7) is 3.54. The lowest BCUT2D eigenvalue weighted by Gasteiger charge is -2.10. The molecule has 0 saturated heterocycles. The maximum Gasteiger partial charge on any atom is 0.344 e. The Morgan fingerprint density at radius 3 is 1.93 bits per heavy atom. The quantitative estimate of drug-likeness (QED) is 0.167. The van der Waals surface area contributed by atoms with Gasteiger partial charge in [0.25, 0.3) is 5.95 Å². The number of nitrogens with one attached hydrogen (secondary N) is 1. The summed E-state index contributed by atoms with van der Waals surface area (Å²) in [4.78, 5) is 23.1. The Morgan fingerprint density at radius 2 is 1.40 bits per heavy atom. The van der Waals surface area contributed by atoms with Crippen LogP contribution in [0.3, 0.4) is 0 Å². The highest BCUT2D eigenvalue weighted by Gasteiger charge is 2.10. The lowest BCUT2D eigenvalue weighted by atomic mass is 10.2. The van der Waals surface area contributed by atoms with Crippen molar-refractivity contribution in [2.75, 3.05) is 46.1 Å². The lowest BCUT2D eigenvalue weighted by Crippen LogP contribution is -2.14. The Hall–Kier alpha value is -5.14. The molecule has 14 heteroatoms. The Labute approximate surface area is 230 Å². The number of carbonyl (C=O) groups is 2. The van der Waals surface area contributed by atoms with Gasteiger partial charge >= 0.3 is 11.9 Å². The second-order valence-electron chi connectivity index (χ2n) is 7.62. The number of nitrogens with zero attached hydrogens (tertiary/aromatic N) is 5. The van der Waals surface area contributed by atoms with Crippen LogP contribution in [-0.4, -0.2) is 79.9 Å². The van der Waals surface area contributed by atoms with E-state index in [1.807, 2.05) is 0 Å². The van der Waals surface area contributed by atoms with E-state index in [9.17, 15) is 9.59 Å². The molecule has 14 nitrogen and oxygen atoms in total. The minimum absolute atomic E-state index is 0.227. The van der Waals surface area contributed by atoms with Crippen LogP contribution in [0.25, 0.3) is 0 Å². The van der Waals surface area contributed by atoms with Gasteiger partial charge in [-0.25, -0.2) is 15.0 Å². The number of hydrazone groups is 1. The van der Waals surface area contributed by atoms with Gasteiger partial charge in [0.2, 0.25) is 0 Å². The smallest absolute Gasteiger partial charge is 0.344 e. The van der Waals surface area contributed by atoms with Crippen LogP contribution in [0.5, 0.6) is 23.0 Å². The zero-order chi connectivity index (χ0) is 28.7. The van der Waals surface area contributed by atoms with Crippen molar-refractivity contribution in [3.8, 4) is 23.0 Å². The first kappa shape index (κ1) is 29.4. The summed E-state index contributed by atoms with van der Waals surface area (Å²) >= 11 is 0. The van der Waals surface area contributed by atoms with E-state index < -0.39 is 11.9 Å². The minimum atomic E-state index is -0.471. The molecule has 0 aliphatic carbocycles. The fourth-order valence-electron chi connectivity index (χ4n) is 3.13. The van der Waals surface area contributed by atoms with Gasteiger partial charge in [0.05, 0.1) is 39.9 Å². The fraction of sp³-hybridized carbons (Fsp3) is 0.308. The van der Waals surface area contributed by atoms with Crippen LogP contribution >= 0.6 is 0 Å². The number of benzene rings is 2. The van der Waals surface area contributed by atoms with Crippen LogP contribution in [0.2, 0.25) is 0 Å². The van der Waals surface area contributed by atoms with Crippen LogP contribution in [-0.2, 0) is 19.1 Å². The molecule has 1 heterocycles. The minimum Gasteiger partial charge on any atom is -0.493 e. The molecule has 2 aromatic carbocycles. The van der Waals surface area contributed by atoms with Crippen LogP contribution in [0.4, 0.5) is 5.95 Å². The average molecular weight is 555 g/mol. The Morgan fingerprint density at radius 1 is 0.850 bits per heavy atom. The van der Waals surface area contributed by atoms with E-state index in [1.54, 1.807) is 62.7 Å². The maximum atomic E-state index is 11.5. The Bertz CT molecular complexity index is 1340. The second kappa shape index (κ2) is 15.3. The summed E-state index contributed by atoms with van der Waals surface area (Å²) in [6.07, 6.45) is 4.51. The SMILES string of the molecule is CCOC(=O)COc1ccc(C=NNc2nncn2N=Cc2ccc(OCC(=O)OCC)c(OC)c2)cc1OC. The molecule has 1 N–H and O–H groups in total. The summed E-state index contributed by atoms with van der Waals surface area (Å²) < 4.78 is 32.7. The molecule has 212 valence electrons. The summed E-state index contributed by atoms with van der Waals surface area (Å²) in [6, 6.07) is 10.2. The monoisotopic (exact) mass is 554 g/mol. The number of rotatable bonds is 15. The number of hydrogen-bond acceptors (Lipinski definition) is 13. The molecule has 0 aliphatic heterocycles. The first-order chi connectivity index (χ1) is 19.5. The molecule has 40 heavy (non-hydrogen) atoms. The van der Waals surface area contributed by atoms with E-state index in [0.717, 1.165) is 0 Å². The molecule has 0 fully saturated rings. The van der Waals surface area contributed by atoms with Gasteiger partial charge in [0, 0.05) is 0 Å². The van der Waals surface area contributed by atoms with Crippen molar-refractivity contribution in [2.45, 2.75) is 13.8 Å². The van der Waals surface area contributed by atoms with Crippen molar-refractivity contribution in [1.29, 1.82) is 0 Å². The highest BCUT2D eigenvalue weighted by atomic mass is 16.6. The number of anilines is 1. The highest BCUT2D eigenvalue weighted by Crippen LogP contribution is 2.28. The highest BCUT2D eigenvalue weighted by molar-refractivity contribution is 5.82. The molecule has 0 bridgehead atoms. The van der Waals surface area contributed by atoms with Gasteiger partial charge in [-0.3, -0.25) is 0 Å². The first-order valence-electron chi connectivity index (χ1n) is 12.1. The molecule has 0 atom stereocenters. The molecule has 0 radical (unpaired) electrons. The summed E-state index contributed by atoms with van der Waals surface area (Å²) in [7, 11) is 2.98. The van der Waals surface area contributed by atoms with Gasteiger partial charge in [-0.2, -0.15) is 14.9 Å². The predicted octanol–water partition coefficient (Wildman–Crippen LogP) is 2.51. The van der Waals surface area contributed by atoms with Crippen LogP contribution in [0, 0.1) is 0 Å². The molecule has 0 spiro atoms. The summed E-state index contributed by atoms with van der Waals surface area (Å²) in [5, 5.41) is 16.3. The normalized spacial score (nSPS) is 10.9. The molecular weight excluding hydrogens is 524 g/mol. The molecule has 0 saturated carbocycles. The number of hydrogen-bond donors (Lipinski definition) is 1. The topological polar surface area (TPSA) is 157 Å². The molecule has 0 aliphatic rings. The Balaban J connectivity index is 1.62. The van der Waals surface area contributed by atoms with Crippen molar-refractivity contribution in [3.63, 3.8) is 0 Å². The molecule has 0 amide bonds. The van der Waals surface area contributed by atoms with E-state index >= 15 is 0 Å². The number of methoxy groups -OCH3 is 2. The molecule has 3 aromatic rings. The van der Waals surface area contributed by atoms with E-state index in [2.05, 4.69) is 25.8 Å². The third kappa shape index (κ3) is 8.72. The van der Waals surface area contributed by atoms with Gasteiger partial charge in [-0.1, -0.05) is 0 Å². The molecule has 3 rings (SSSR count). The third-order valence-electron chi connectivity index (χ3n) is 4.92. The maximum absolute atomic E-state index is 11.5. The van der Waals surface area contributed by atoms with Crippen molar-refractivity contribution < 1.29 is 38.0 Å². The summed E-state index contributed by atoms with van der Waals surface area (Å²) in [5.74, 6) is 0.953. The van der Waals surface area contributed by atoms with Gasteiger partial charge in [-0.15, -0.1) is 10.2 Å². The standard InChI is InChI=1S/C26H30N6O8/c1-5-37-24(33)15-39-20-9-7-18(11-22(20)35-3)13-27-30-26-31-28-17-32(26)29-14-19-8-10-21(23(12-19)36-4)40-16-25(34)38-6-2/h7-14,17H,5-6,15-16H2,1-4H3,(H,30,31). The zero-order valence-electron chi connectivity index (χ0n) is 22.5. The van der Waals surface area contributed by atoms with Crippen molar-refractivity contribution in [1.82, 2.24) is 14.9 Å². The second-order valence-corrected chi connectivity index (χ2v) is 7.62. The number of esters is 2. The third-order valence-corrected chi connectivity index (χ3v) is 4.92. The zero-order valence-corrected chi connectivity index (χ0v) is 22.5. The average Bonchev–Trinajstić information content (AvgIpc) is 3.41. The van der Waals surface area contributed by atoms with Crippen LogP contribution < -0.4 is 24.4 Å². The van der Waals surface area contributed by atoms with Crippen LogP contribution in [0.1, 0.15) is 25.0 Å². The molecule has 0 unspecified atom stereocenters. The van der Waals surface area contributed by atoms with Crippen molar-refractivity contribution in [2.24, 2.45) is 10.2 Å². The molecule has 1 aromatic heterocycles. The molecular formula is C26H30N6O8. The number of ether oxygens (including phenoxy) is 6.